The number of hydrogen-bond donors (Lipinski definition) is 0. The van der Waals surface area contributed by atoms with E-state index < -0.39 is 0 Å². The van der Waals surface area contributed by atoms with Gasteiger partial charge in [-0.05, 0) is 54.3 Å². The maximum Gasteiger partial charge on any atom is 0.121 e. The molecule has 0 heterocycles. The van der Waals surface area contributed by atoms with Gasteiger partial charge in [0.2, 0.25) is 0 Å². The zero-order valence-electron chi connectivity index (χ0n) is 11.2. The second kappa shape index (κ2) is 6.10. The minimum atomic E-state index is 0.188. The van der Waals surface area contributed by atoms with E-state index in [1.807, 2.05) is 6.07 Å². The summed E-state index contributed by atoms with van der Waals surface area (Å²) in [5.41, 5.74) is 4.88. The summed E-state index contributed by atoms with van der Waals surface area (Å²) < 4.78 is 6.41. The van der Waals surface area contributed by atoms with Gasteiger partial charge in [-0.25, -0.2) is 0 Å². The van der Waals surface area contributed by atoms with Gasteiger partial charge in [0.1, 0.15) is 5.75 Å². The van der Waals surface area contributed by atoms with E-state index in [0.717, 1.165) is 15.8 Å². The van der Waals surface area contributed by atoms with Crippen LogP contribution in [0.5, 0.6) is 5.75 Å². The monoisotopic (exact) mass is 382 g/mol. The number of halogens is 2. The zero-order valence-corrected chi connectivity index (χ0v) is 14.4. The highest BCUT2D eigenvalue weighted by molar-refractivity contribution is 9.10. The van der Waals surface area contributed by atoms with Crippen molar-refractivity contribution in [3.8, 4) is 5.75 Å². The van der Waals surface area contributed by atoms with Crippen LogP contribution in [0.4, 0.5) is 0 Å². The minimum Gasteiger partial charge on any atom is -0.496 e. The fourth-order valence-corrected chi connectivity index (χ4v) is 3.34. The molecule has 0 spiro atoms. The Labute approximate surface area is 131 Å². The molecule has 19 heavy (non-hydrogen) atoms. The molecular weight excluding hydrogens is 368 g/mol. The Morgan fingerprint density at radius 2 is 1.74 bits per heavy atom. The van der Waals surface area contributed by atoms with Gasteiger partial charge in [-0.2, -0.15) is 0 Å². The topological polar surface area (TPSA) is 9.23 Å². The molecule has 0 aliphatic rings. The smallest absolute Gasteiger partial charge is 0.121 e. The van der Waals surface area contributed by atoms with Crippen LogP contribution in [0.2, 0.25) is 0 Å². The summed E-state index contributed by atoms with van der Waals surface area (Å²) in [6.45, 7) is 4.17. The van der Waals surface area contributed by atoms with Crippen molar-refractivity contribution in [2.24, 2.45) is 0 Å². The number of hydrogen-bond acceptors (Lipinski definition) is 1. The molecule has 1 atom stereocenters. The molecule has 0 aromatic heterocycles. The molecule has 1 nitrogen and oxygen atoms in total. The molecule has 0 fully saturated rings. The van der Waals surface area contributed by atoms with Crippen LogP contribution in [0.25, 0.3) is 0 Å². The first kappa shape index (κ1) is 14.6. The summed E-state index contributed by atoms with van der Waals surface area (Å²) in [6, 6.07) is 12.7. The number of rotatable bonds is 3. The molecule has 2 aromatic carbocycles. The van der Waals surface area contributed by atoms with Crippen LogP contribution in [-0.4, -0.2) is 7.11 Å². The van der Waals surface area contributed by atoms with Crippen molar-refractivity contribution in [3.63, 3.8) is 0 Å². The molecule has 2 aromatic rings. The molecule has 0 amide bonds. The van der Waals surface area contributed by atoms with Gasteiger partial charge in [-0.15, -0.1) is 0 Å². The number of aryl methyl sites for hydroxylation is 2. The molecule has 0 aliphatic carbocycles. The normalized spacial score (nSPS) is 12.3. The van der Waals surface area contributed by atoms with Crippen LogP contribution in [-0.2, 0) is 0 Å². The maximum atomic E-state index is 5.30. The van der Waals surface area contributed by atoms with Crippen molar-refractivity contribution in [1.29, 1.82) is 0 Å². The van der Waals surface area contributed by atoms with Gasteiger partial charge in [0.15, 0.2) is 0 Å². The Morgan fingerprint density at radius 1 is 1.00 bits per heavy atom. The van der Waals surface area contributed by atoms with Gasteiger partial charge in [0.25, 0.3) is 0 Å². The van der Waals surface area contributed by atoms with Crippen molar-refractivity contribution in [1.82, 2.24) is 0 Å². The minimum absolute atomic E-state index is 0.188. The number of alkyl halides is 1. The predicted molar refractivity (Wildman–Crippen MR) is 87.4 cm³/mol. The quantitative estimate of drug-likeness (QED) is 0.630. The summed E-state index contributed by atoms with van der Waals surface area (Å²) in [6.07, 6.45) is 0. The van der Waals surface area contributed by atoms with Gasteiger partial charge < -0.3 is 4.74 Å². The van der Waals surface area contributed by atoms with Crippen LogP contribution >= 0.6 is 31.9 Å². The number of benzene rings is 2. The van der Waals surface area contributed by atoms with Gasteiger partial charge in [0, 0.05) is 4.47 Å². The van der Waals surface area contributed by atoms with E-state index in [4.69, 9.17) is 4.74 Å². The lowest BCUT2D eigenvalue weighted by Gasteiger charge is -2.14. The third-order valence-corrected chi connectivity index (χ3v) is 4.58. The molecule has 0 saturated carbocycles. The van der Waals surface area contributed by atoms with E-state index in [-0.39, 0.29) is 4.83 Å². The molecule has 0 N–H and O–H groups in total. The van der Waals surface area contributed by atoms with Crippen LogP contribution in [0.15, 0.2) is 40.9 Å². The second-order valence-corrected chi connectivity index (χ2v) is 6.48. The van der Waals surface area contributed by atoms with E-state index in [2.05, 4.69) is 76.0 Å². The summed E-state index contributed by atoms with van der Waals surface area (Å²) in [4.78, 5) is 0.188. The molecule has 0 aliphatic heterocycles. The molecule has 2 rings (SSSR count). The van der Waals surface area contributed by atoms with Crippen molar-refractivity contribution >= 4 is 31.9 Å². The summed E-state index contributed by atoms with van der Waals surface area (Å²) in [5.74, 6) is 0.925. The van der Waals surface area contributed by atoms with E-state index >= 15 is 0 Å². The first-order valence-corrected chi connectivity index (χ1v) is 7.78. The molecule has 0 bridgehead atoms. The molecule has 0 radical (unpaired) electrons. The molecule has 1 unspecified atom stereocenters. The first-order chi connectivity index (χ1) is 9.01. The average molecular weight is 384 g/mol. The molecule has 0 saturated heterocycles. The Kier molecular flexibility index (Phi) is 4.69. The average Bonchev–Trinajstić information content (AvgIpc) is 2.36. The Hall–Kier alpha value is -0.800. The largest absolute Gasteiger partial charge is 0.496 e. The van der Waals surface area contributed by atoms with E-state index in [1.54, 1.807) is 7.11 Å². The number of ether oxygens (including phenoxy) is 1. The molecule has 3 heteroatoms. The van der Waals surface area contributed by atoms with Gasteiger partial charge >= 0.3 is 0 Å². The van der Waals surface area contributed by atoms with Gasteiger partial charge in [0.05, 0.1) is 11.9 Å². The van der Waals surface area contributed by atoms with E-state index in [1.165, 1.54) is 16.7 Å². The highest BCUT2D eigenvalue weighted by Gasteiger charge is 2.12. The van der Waals surface area contributed by atoms with Crippen LogP contribution in [0, 0.1) is 13.8 Å². The third kappa shape index (κ3) is 3.40. The van der Waals surface area contributed by atoms with Gasteiger partial charge in [-0.1, -0.05) is 50.1 Å². The first-order valence-electron chi connectivity index (χ1n) is 6.07. The standard InChI is InChI=1S/C16H16Br2O/c1-10-6-13(9-14(17)7-10)16(18)12-4-5-15(19-3)11(2)8-12/h4-9,16H,1-3H3. The van der Waals surface area contributed by atoms with Crippen molar-refractivity contribution in [3.05, 3.63) is 63.1 Å². The predicted octanol–water partition coefficient (Wildman–Crippen LogP) is 5.56. The van der Waals surface area contributed by atoms with E-state index in [0.29, 0.717) is 0 Å². The molecule has 100 valence electrons. The third-order valence-electron chi connectivity index (χ3n) is 3.07. The highest BCUT2D eigenvalue weighted by atomic mass is 79.9. The van der Waals surface area contributed by atoms with Gasteiger partial charge in [-0.3, -0.25) is 0 Å². The fraction of sp³-hybridized carbons (Fsp3) is 0.250. The summed E-state index contributed by atoms with van der Waals surface area (Å²) >= 11 is 7.33. The second-order valence-electron chi connectivity index (χ2n) is 4.65. The van der Waals surface area contributed by atoms with Crippen molar-refractivity contribution in [2.75, 3.05) is 7.11 Å². The number of methoxy groups -OCH3 is 1. The summed E-state index contributed by atoms with van der Waals surface area (Å²) in [7, 11) is 1.70. The highest BCUT2D eigenvalue weighted by Crippen LogP contribution is 2.34. The van der Waals surface area contributed by atoms with E-state index in [9.17, 15) is 0 Å². The maximum absolute atomic E-state index is 5.30. The van der Waals surface area contributed by atoms with Crippen LogP contribution < -0.4 is 4.74 Å². The Bertz CT molecular complexity index is 573. The zero-order chi connectivity index (χ0) is 14.0. The Balaban J connectivity index is 2.38. The van der Waals surface area contributed by atoms with Crippen molar-refractivity contribution < 1.29 is 4.74 Å². The lowest BCUT2D eigenvalue weighted by molar-refractivity contribution is 0.411. The summed E-state index contributed by atoms with van der Waals surface area (Å²) in [5, 5.41) is 0. The Morgan fingerprint density at radius 3 is 2.32 bits per heavy atom. The molecular formula is C16H16Br2O. The fourth-order valence-electron chi connectivity index (χ4n) is 2.16. The van der Waals surface area contributed by atoms with Crippen molar-refractivity contribution in [2.45, 2.75) is 18.7 Å². The lowest BCUT2D eigenvalue weighted by atomic mass is 10.0. The lowest BCUT2D eigenvalue weighted by Crippen LogP contribution is -1.96. The van der Waals surface area contributed by atoms with Crippen LogP contribution in [0.1, 0.15) is 27.1 Å². The SMILES string of the molecule is COc1ccc(C(Br)c2cc(C)cc(Br)c2)cc1C. The van der Waals surface area contributed by atoms with Crippen LogP contribution in [0.3, 0.4) is 0 Å².